The number of ether oxygens (including phenoxy) is 1. The molecule has 0 saturated heterocycles. The molecule has 0 aromatic heterocycles. The Hall–Kier alpha value is -1.38. The van der Waals surface area contributed by atoms with Crippen molar-refractivity contribution in [1.82, 2.24) is 0 Å². The molecule has 0 spiro atoms. The molecule has 1 atom stereocenters. The zero-order valence-electron chi connectivity index (χ0n) is 32.3. The fourth-order valence-corrected chi connectivity index (χ4v) is 8.57. The van der Waals surface area contributed by atoms with Crippen LogP contribution in [0.15, 0.2) is 41.3 Å². The molecule has 6 heteroatoms. The third kappa shape index (κ3) is 12.5. The Kier molecular flexibility index (Phi) is 15.4. The van der Waals surface area contributed by atoms with Crippen LogP contribution in [0, 0.1) is 0 Å². The Morgan fingerprint density at radius 3 is 1.70 bits per heavy atom. The van der Waals surface area contributed by atoms with E-state index >= 15 is 0 Å². The third-order valence-corrected chi connectivity index (χ3v) is 20.7. The van der Waals surface area contributed by atoms with E-state index in [4.69, 9.17) is 13.6 Å². The molecule has 0 amide bonds. The first-order valence-corrected chi connectivity index (χ1v) is 25.8. The molecule has 0 aliphatic carbocycles. The fraction of sp³-hybridized carbons (Fsp3) is 0.707. The topological polar surface area (TPSA) is 27.7 Å². The van der Waals surface area contributed by atoms with Crippen molar-refractivity contribution in [2.45, 2.75) is 186 Å². The van der Waals surface area contributed by atoms with E-state index < -0.39 is 16.6 Å². The van der Waals surface area contributed by atoms with Gasteiger partial charge in [0.2, 0.25) is 0 Å². The summed E-state index contributed by atoms with van der Waals surface area (Å²) >= 11 is 1.91. The summed E-state index contributed by atoms with van der Waals surface area (Å²) in [7, 11) is -4.12. The smallest absolute Gasteiger partial charge is 0.250 e. The van der Waals surface area contributed by atoms with Crippen molar-refractivity contribution in [2.75, 3.05) is 5.75 Å². The SMILES string of the molecule is CCCCCCCCCCCCCCCc1ccc2c(c1)OC(c1ccc(O[Si](C)(C)C(C)(C)C)c(O[Si](C)(C)C(C)(C)C)c1)CS2. The molecule has 266 valence electrons. The molecule has 3 nitrogen and oxygen atoms in total. The predicted molar refractivity (Wildman–Crippen MR) is 212 cm³/mol. The van der Waals surface area contributed by atoms with Gasteiger partial charge in [0.15, 0.2) is 0 Å². The van der Waals surface area contributed by atoms with Crippen molar-refractivity contribution >= 4 is 28.4 Å². The van der Waals surface area contributed by atoms with E-state index in [9.17, 15) is 0 Å². The summed E-state index contributed by atoms with van der Waals surface area (Å²) in [6, 6.07) is 13.5. The Bertz CT molecular complexity index is 1230. The zero-order valence-corrected chi connectivity index (χ0v) is 35.1. The molecular weight excluding hydrogens is 629 g/mol. The molecule has 0 N–H and O–H groups in total. The van der Waals surface area contributed by atoms with Gasteiger partial charge in [-0.1, -0.05) is 138 Å². The van der Waals surface area contributed by atoms with Crippen LogP contribution in [0.4, 0.5) is 0 Å². The lowest BCUT2D eigenvalue weighted by atomic mass is 10.0. The van der Waals surface area contributed by atoms with Gasteiger partial charge in [-0.3, -0.25) is 0 Å². The molecular formula is C41H70O3SSi2. The first kappa shape index (κ1) is 40.1. The number of unbranched alkanes of at least 4 members (excludes halogenated alkanes) is 12. The van der Waals surface area contributed by atoms with Gasteiger partial charge in [0, 0.05) is 10.6 Å². The molecule has 3 rings (SSSR count). The first-order chi connectivity index (χ1) is 22.0. The second-order valence-corrected chi connectivity index (χ2v) is 27.6. The van der Waals surface area contributed by atoms with E-state index in [-0.39, 0.29) is 16.2 Å². The van der Waals surface area contributed by atoms with Gasteiger partial charge in [-0.25, -0.2) is 0 Å². The summed E-state index contributed by atoms with van der Waals surface area (Å²) in [5.41, 5.74) is 2.56. The normalized spacial score (nSPS) is 15.7. The predicted octanol–water partition coefficient (Wildman–Crippen LogP) is 14.3. The summed E-state index contributed by atoms with van der Waals surface area (Å²) in [4.78, 5) is 1.26. The highest BCUT2D eigenvalue weighted by atomic mass is 32.2. The number of hydrogen-bond donors (Lipinski definition) is 0. The molecule has 1 heterocycles. The Morgan fingerprint density at radius 2 is 1.17 bits per heavy atom. The molecule has 2 aromatic carbocycles. The molecule has 1 aliphatic rings. The minimum atomic E-state index is -2.08. The van der Waals surface area contributed by atoms with E-state index in [1.165, 1.54) is 99.5 Å². The Morgan fingerprint density at radius 1 is 0.660 bits per heavy atom. The van der Waals surface area contributed by atoms with Crippen LogP contribution in [-0.4, -0.2) is 22.4 Å². The van der Waals surface area contributed by atoms with Gasteiger partial charge in [-0.05, 0) is 84.5 Å². The van der Waals surface area contributed by atoms with Crippen molar-refractivity contribution in [3.05, 3.63) is 47.5 Å². The van der Waals surface area contributed by atoms with Gasteiger partial charge < -0.3 is 13.6 Å². The van der Waals surface area contributed by atoms with Crippen LogP contribution in [-0.2, 0) is 6.42 Å². The summed E-state index contributed by atoms with van der Waals surface area (Å²) in [5.74, 6) is 3.70. The summed E-state index contributed by atoms with van der Waals surface area (Å²) < 4.78 is 20.5. The van der Waals surface area contributed by atoms with Gasteiger partial charge in [0.25, 0.3) is 16.6 Å². The summed E-state index contributed by atoms with van der Waals surface area (Å²) in [6.45, 7) is 25.3. The molecule has 0 fully saturated rings. The van der Waals surface area contributed by atoms with Crippen molar-refractivity contribution in [3.63, 3.8) is 0 Å². The number of fused-ring (bicyclic) bond motifs is 1. The van der Waals surface area contributed by atoms with Crippen LogP contribution in [0.25, 0.3) is 0 Å². The molecule has 1 unspecified atom stereocenters. The monoisotopic (exact) mass is 698 g/mol. The highest BCUT2D eigenvalue weighted by Crippen LogP contribution is 2.46. The van der Waals surface area contributed by atoms with Gasteiger partial charge in [-0.15, -0.1) is 11.8 Å². The zero-order chi connectivity index (χ0) is 34.7. The minimum absolute atomic E-state index is 0.0113. The number of thioether (sulfide) groups is 1. The van der Waals surface area contributed by atoms with Gasteiger partial charge in [0.1, 0.15) is 23.4 Å². The number of rotatable bonds is 19. The van der Waals surface area contributed by atoms with Crippen LogP contribution in [0.2, 0.25) is 36.3 Å². The second-order valence-electron chi connectivity index (χ2n) is 17.1. The van der Waals surface area contributed by atoms with Crippen LogP contribution in [0.5, 0.6) is 17.2 Å². The van der Waals surface area contributed by atoms with Crippen molar-refractivity contribution < 1.29 is 13.6 Å². The number of benzene rings is 2. The van der Waals surface area contributed by atoms with Gasteiger partial charge in [0.05, 0.1) is 0 Å². The lowest BCUT2D eigenvalue weighted by Crippen LogP contribution is -2.45. The molecule has 2 aromatic rings. The lowest BCUT2D eigenvalue weighted by Gasteiger charge is -2.40. The summed E-state index contributed by atoms with van der Waals surface area (Å²) in [6.07, 6.45) is 19.2. The Labute approximate surface area is 297 Å². The molecule has 0 saturated carbocycles. The standard InChI is InChI=1S/C41H70O3SSi2/c1-12-13-14-15-16-17-18-19-20-21-22-23-24-25-33-26-29-39-37(30-33)42-38(32-45-39)34-27-28-35(43-46(8,9)40(2,3)4)36(31-34)44-47(10,11)41(5,6)7/h26-31,38H,12-25,32H2,1-11H3. The van der Waals surface area contributed by atoms with E-state index in [1.54, 1.807) is 0 Å². The average Bonchev–Trinajstić information content (AvgIpc) is 2.98. The first-order valence-electron chi connectivity index (χ1n) is 19.0. The van der Waals surface area contributed by atoms with Crippen LogP contribution < -0.4 is 13.6 Å². The maximum atomic E-state index is 6.96. The van der Waals surface area contributed by atoms with Crippen molar-refractivity contribution in [3.8, 4) is 17.2 Å². The van der Waals surface area contributed by atoms with E-state index in [0.29, 0.717) is 0 Å². The maximum Gasteiger partial charge on any atom is 0.250 e. The minimum Gasteiger partial charge on any atom is -0.541 e. The largest absolute Gasteiger partial charge is 0.541 e. The van der Waals surface area contributed by atoms with Crippen LogP contribution >= 0.6 is 11.8 Å². The molecule has 0 bridgehead atoms. The van der Waals surface area contributed by atoms with Gasteiger partial charge in [-0.2, -0.15) is 0 Å². The van der Waals surface area contributed by atoms with E-state index in [1.807, 2.05) is 11.8 Å². The average molecular weight is 699 g/mol. The number of hydrogen-bond acceptors (Lipinski definition) is 4. The highest BCUT2D eigenvalue weighted by molar-refractivity contribution is 7.99. The van der Waals surface area contributed by atoms with Crippen molar-refractivity contribution in [1.29, 1.82) is 0 Å². The summed E-state index contributed by atoms with van der Waals surface area (Å²) in [5, 5.41) is 0.203. The number of aryl methyl sites for hydroxylation is 1. The molecule has 47 heavy (non-hydrogen) atoms. The highest BCUT2D eigenvalue weighted by Gasteiger charge is 2.42. The van der Waals surface area contributed by atoms with Crippen LogP contribution in [0.1, 0.15) is 149 Å². The molecule has 0 radical (unpaired) electrons. The maximum absolute atomic E-state index is 6.96. The molecule has 1 aliphatic heterocycles. The van der Waals surface area contributed by atoms with Crippen molar-refractivity contribution in [2.24, 2.45) is 0 Å². The van der Waals surface area contributed by atoms with E-state index in [2.05, 4.69) is 111 Å². The second kappa shape index (κ2) is 18.0. The fourth-order valence-electron chi connectivity index (χ4n) is 5.53. The quantitative estimate of drug-likeness (QED) is 0.108. The van der Waals surface area contributed by atoms with Crippen LogP contribution in [0.3, 0.4) is 0 Å². The lowest BCUT2D eigenvalue weighted by molar-refractivity contribution is 0.219. The van der Waals surface area contributed by atoms with Gasteiger partial charge >= 0.3 is 0 Å². The third-order valence-electron chi connectivity index (χ3n) is 10.9. The van der Waals surface area contributed by atoms with E-state index in [0.717, 1.165) is 29.4 Å². The Balaban J connectivity index is 1.58.